The molecule has 0 saturated heterocycles. The first-order valence-corrected chi connectivity index (χ1v) is 22.2. The van der Waals surface area contributed by atoms with Crippen molar-refractivity contribution in [1.82, 2.24) is 39.9 Å². The van der Waals surface area contributed by atoms with Crippen LogP contribution in [0.3, 0.4) is 0 Å². The molecule has 304 valence electrons. The lowest BCUT2D eigenvalue weighted by Crippen LogP contribution is -2.01. The fourth-order valence-electron chi connectivity index (χ4n) is 9.57. The molecule has 9 nitrogen and oxygen atoms in total. The fourth-order valence-corrected chi connectivity index (χ4v) is 10.5. The summed E-state index contributed by atoms with van der Waals surface area (Å²) in [6.45, 7) is 0. The van der Waals surface area contributed by atoms with Crippen molar-refractivity contribution in [3.8, 4) is 67.4 Å². The largest absolute Gasteiger partial charge is 0.436 e. The Morgan fingerprint density at radius 2 is 1.18 bits per heavy atom. The maximum absolute atomic E-state index is 6.97. The van der Waals surface area contributed by atoms with E-state index in [4.69, 9.17) is 29.3 Å². The van der Waals surface area contributed by atoms with Crippen LogP contribution in [0.1, 0.15) is 0 Å². The zero-order chi connectivity index (χ0) is 42.6. The molecule has 14 aromatic rings. The average Bonchev–Trinajstić information content (AvgIpc) is 4.21. The van der Waals surface area contributed by atoms with E-state index in [0.717, 1.165) is 126 Å². The Bertz CT molecular complexity index is 4090. The van der Waals surface area contributed by atoms with Gasteiger partial charge in [0, 0.05) is 55.3 Å². The van der Waals surface area contributed by atoms with E-state index >= 15 is 0 Å². The Morgan fingerprint density at radius 3 is 2.03 bits per heavy atom. The molecule has 0 amide bonds. The minimum Gasteiger partial charge on any atom is -0.436 e. The molecule has 3 N–H and O–H groups in total. The standard InChI is InChI=1S/C55H32N8OS/c1-4-16-33-30(13-1)27-28-56-50(33)46-44(40-26-25-31-14-2-5-17-34(31)57-40)45-47(49(54-61-38-21-9-11-23-42(38)64-54)48(46)53-59-36-19-7-8-20-37(36)60-53)52(55-62-39-22-10-12-24-43(39)65-55)63-51(45)41-29-32-15-3-6-18-35(32)58-41/h1-29,58,63H,(H,59,60). The van der Waals surface area contributed by atoms with Gasteiger partial charge in [0.25, 0.3) is 0 Å². The van der Waals surface area contributed by atoms with E-state index in [9.17, 15) is 0 Å². The average molecular weight is 853 g/mol. The second kappa shape index (κ2) is 13.9. The lowest BCUT2D eigenvalue weighted by molar-refractivity contribution is 0.621. The van der Waals surface area contributed by atoms with Crippen molar-refractivity contribution in [1.29, 1.82) is 0 Å². The first-order valence-electron chi connectivity index (χ1n) is 21.4. The van der Waals surface area contributed by atoms with E-state index in [0.29, 0.717) is 17.3 Å². The van der Waals surface area contributed by atoms with Gasteiger partial charge in [-0.2, -0.15) is 0 Å². The molecule has 0 atom stereocenters. The molecule has 10 heteroatoms. The van der Waals surface area contributed by atoms with Crippen LogP contribution in [0.4, 0.5) is 0 Å². The molecule has 7 aromatic heterocycles. The molecular weight excluding hydrogens is 821 g/mol. The van der Waals surface area contributed by atoms with E-state index in [2.05, 4.69) is 124 Å². The number of benzene rings is 7. The van der Waals surface area contributed by atoms with Crippen LogP contribution in [0.25, 0.3) is 143 Å². The number of hydrogen-bond acceptors (Lipinski definition) is 7. The molecule has 14 rings (SSSR count). The molecule has 7 heterocycles. The summed E-state index contributed by atoms with van der Waals surface area (Å²) in [7, 11) is 0. The number of rotatable bonds is 6. The molecular formula is C55H32N8OS. The summed E-state index contributed by atoms with van der Waals surface area (Å²) in [5, 5.41) is 6.76. The first-order chi connectivity index (χ1) is 32.2. The molecule has 0 spiro atoms. The number of nitrogens with one attached hydrogen (secondary N) is 3. The number of pyridine rings is 2. The second-order valence-corrected chi connectivity index (χ2v) is 17.3. The summed E-state index contributed by atoms with van der Waals surface area (Å²) >= 11 is 1.64. The van der Waals surface area contributed by atoms with Gasteiger partial charge in [0.1, 0.15) is 16.3 Å². The number of aromatic nitrogens is 8. The summed E-state index contributed by atoms with van der Waals surface area (Å²) in [6.07, 6.45) is 1.89. The van der Waals surface area contributed by atoms with Gasteiger partial charge in [0.15, 0.2) is 5.58 Å². The summed E-state index contributed by atoms with van der Waals surface area (Å²) in [5.41, 5.74) is 13.3. The number of H-pyrrole nitrogens is 3. The van der Waals surface area contributed by atoms with Crippen molar-refractivity contribution < 1.29 is 4.42 Å². The highest BCUT2D eigenvalue weighted by Gasteiger charge is 2.35. The highest BCUT2D eigenvalue weighted by atomic mass is 32.1. The lowest BCUT2D eigenvalue weighted by atomic mass is 9.84. The van der Waals surface area contributed by atoms with Crippen molar-refractivity contribution in [3.05, 3.63) is 176 Å². The SMILES string of the molecule is c1ccc2nc(-c3c(-c4nccc5ccccc45)c(-c4nc5ccccc5[nH]4)c(-c4nc5ccccc5o4)c4c(-c5nc6ccccc6s5)[nH]c(-c5cc6ccccc6[nH]5)c34)ccc2c1. The highest BCUT2D eigenvalue weighted by Crippen LogP contribution is 2.56. The third kappa shape index (κ3) is 5.54. The third-order valence-electron chi connectivity index (χ3n) is 12.5. The van der Waals surface area contributed by atoms with Gasteiger partial charge in [-0.3, -0.25) is 4.98 Å². The van der Waals surface area contributed by atoms with Gasteiger partial charge in [0.2, 0.25) is 5.89 Å². The van der Waals surface area contributed by atoms with Crippen molar-refractivity contribution in [3.63, 3.8) is 0 Å². The van der Waals surface area contributed by atoms with Crippen LogP contribution in [0.5, 0.6) is 0 Å². The smallest absolute Gasteiger partial charge is 0.228 e. The number of para-hydroxylation sites is 7. The lowest BCUT2D eigenvalue weighted by Gasteiger charge is -2.21. The molecule has 0 aliphatic heterocycles. The number of imidazole rings is 1. The number of hydrogen-bond donors (Lipinski definition) is 3. The molecule has 0 radical (unpaired) electrons. The Kier molecular flexibility index (Phi) is 7.65. The molecule has 0 unspecified atom stereocenters. The predicted molar refractivity (Wildman–Crippen MR) is 264 cm³/mol. The Hall–Kier alpha value is -8.73. The second-order valence-electron chi connectivity index (χ2n) is 16.2. The van der Waals surface area contributed by atoms with Crippen LogP contribution in [-0.2, 0) is 0 Å². The zero-order valence-electron chi connectivity index (χ0n) is 34.3. The number of oxazole rings is 1. The highest BCUT2D eigenvalue weighted by molar-refractivity contribution is 7.21. The molecule has 0 bridgehead atoms. The van der Waals surface area contributed by atoms with Gasteiger partial charge in [-0.1, -0.05) is 103 Å². The van der Waals surface area contributed by atoms with Crippen LogP contribution in [0.15, 0.2) is 180 Å². The van der Waals surface area contributed by atoms with Crippen molar-refractivity contribution >= 4 is 87.0 Å². The monoisotopic (exact) mass is 852 g/mol. The van der Waals surface area contributed by atoms with Gasteiger partial charge in [0.05, 0.1) is 60.8 Å². The number of aromatic amines is 3. The van der Waals surface area contributed by atoms with Crippen LogP contribution in [0.2, 0.25) is 0 Å². The maximum atomic E-state index is 6.97. The Balaban J connectivity index is 1.28. The van der Waals surface area contributed by atoms with E-state index in [1.807, 2.05) is 66.9 Å². The zero-order valence-corrected chi connectivity index (χ0v) is 35.1. The molecule has 0 aliphatic rings. The number of thiazole rings is 1. The van der Waals surface area contributed by atoms with Crippen LogP contribution < -0.4 is 0 Å². The van der Waals surface area contributed by atoms with Gasteiger partial charge in [-0.25, -0.2) is 19.9 Å². The Labute approximate surface area is 373 Å². The molecule has 0 aliphatic carbocycles. The van der Waals surface area contributed by atoms with Crippen molar-refractivity contribution in [2.75, 3.05) is 0 Å². The molecule has 0 fully saturated rings. The number of fused-ring (bicyclic) bond motifs is 7. The van der Waals surface area contributed by atoms with Crippen LogP contribution in [-0.4, -0.2) is 39.9 Å². The van der Waals surface area contributed by atoms with Crippen LogP contribution in [0, 0.1) is 0 Å². The molecule has 0 saturated carbocycles. The maximum Gasteiger partial charge on any atom is 0.228 e. The molecule has 65 heavy (non-hydrogen) atoms. The van der Waals surface area contributed by atoms with Gasteiger partial charge in [-0.15, -0.1) is 11.3 Å². The summed E-state index contributed by atoms with van der Waals surface area (Å²) < 4.78 is 8.04. The normalized spacial score (nSPS) is 12.0. The summed E-state index contributed by atoms with van der Waals surface area (Å²) in [5.74, 6) is 1.08. The van der Waals surface area contributed by atoms with E-state index in [1.165, 1.54) is 0 Å². The fraction of sp³-hybridized carbons (Fsp3) is 0. The van der Waals surface area contributed by atoms with Gasteiger partial charge >= 0.3 is 0 Å². The van der Waals surface area contributed by atoms with Gasteiger partial charge in [-0.05, 0) is 72.1 Å². The first kappa shape index (κ1) is 35.8. The predicted octanol–water partition coefficient (Wildman–Crippen LogP) is 14.4. The van der Waals surface area contributed by atoms with Gasteiger partial charge < -0.3 is 19.4 Å². The van der Waals surface area contributed by atoms with Crippen molar-refractivity contribution in [2.45, 2.75) is 0 Å². The Morgan fingerprint density at radius 1 is 0.462 bits per heavy atom. The van der Waals surface area contributed by atoms with Crippen LogP contribution >= 0.6 is 11.3 Å². The number of nitrogens with zero attached hydrogens (tertiary/aromatic N) is 5. The summed E-state index contributed by atoms with van der Waals surface area (Å²) in [6, 6.07) is 57.9. The third-order valence-corrected chi connectivity index (χ3v) is 13.5. The van der Waals surface area contributed by atoms with E-state index in [-0.39, 0.29) is 0 Å². The summed E-state index contributed by atoms with van der Waals surface area (Å²) in [4.78, 5) is 38.5. The minimum atomic E-state index is 0.440. The topological polar surface area (TPSA) is 125 Å². The van der Waals surface area contributed by atoms with E-state index < -0.39 is 0 Å². The molecule has 7 aromatic carbocycles. The quantitative estimate of drug-likeness (QED) is 0.153. The minimum absolute atomic E-state index is 0.440. The van der Waals surface area contributed by atoms with E-state index in [1.54, 1.807) is 11.3 Å². The van der Waals surface area contributed by atoms with Crippen molar-refractivity contribution in [2.24, 2.45) is 0 Å².